The van der Waals surface area contributed by atoms with Gasteiger partial charge in [0.1, 0.15) is 0 Å². The van der Waals surface area contributed by atoms with E-state index >= 15 is 0 Å². The normalized spacial score (nSPS) is 26.4. The average Bonchev–Trinajstić information content (AvgIpc) is 3.03. The van der Waals surface area contributed by atoms with Crippen LogP contribution in [0, 0.1) is 0 Å². The molecule has 0 radical (unpaired) electrons. The molecule has 2 fully saturated rings. The molecule has 2 aliphatic rings. The highest BCUT2D eigenvalue weighted by atomic mass is 32.2. The van der Waals surface area contributed by atoms with Crippen LogP contribution in [0.3, 0.4) is 0 Å². The van der Waals surface area contributed by atoms with E-state index < -0.39 is 0 Å². The molecule has 0 aromatic carbocycles. The van der Waals surface area contributed by atoms with E-state index in [2.05, 4.69) is 29.2 Å². The Bertz CT molecular complexity index is 273. The largest absolute Gasteiger partial charge is 0.341 e. The molecule has 2 rings (SSSR count). The average molecular weight is 242 g/mol. The lowest BCUT2D eigenvalue weighted by atomic mass is 10.1. The first kappa shape index (κ1) is 12.0. The number of nitrogens with two attached hydrogens (primary N) is 1. The number of aliphatic imine (C=N–C) groups is 1. The summed E-state index contributed by atoms with van der Waals surface area (Å²) < 4.78 is 0.383. The summed E-state index contributed by atoms with van der Waals surface area (Å²) in [6.45, 7) is 6.73. The number of nitrogens with zero attached hydrogens (tertiary/aromatic N) is 2. The fourth-order valence-electron chi connectivity index (χ4n) is 1.82. The minimum absolute atomic E-state index is 0.383. The standard InChI is InChI=1S/C11H22N4S/c1-11(2)5-6-15(7-8-16-11)10(14-12)13-9-3-4-9/h9H,3-8,12H2,1-2H3,(H,13,14). The molecule has 1 saturated heterocycles. The maximum absolute atomic E-state index is 5.57. The molecule has 0 aromatic heterocycles. The van der Waals surface area contributed by atoms with Crippen LogP contribution in [-0.4, -0.2) is 40.5 Å². The van der Waals surface area contributed by atoms with Crippen molar-refractivity contribution >= 4 is 17.7 Å². The third-order valence-corrected chi connectivity index (χ3v) is 4.49. The molecule has 4 nitrogen and oxygen atoms in total. The van der Waals surface area contributed by atoms with Gasteiger partial charge in [0.15, 0.2) is 0 Å². The van der Waals surface area contributed by atoms with Crippen LogP contribution in [0.2, 0.25) is 0 Å². The van der Waals surface area contributed by atoms with Crippen LogP contribution in [0.1, 0.15) is 33.1 Å². The van der Waals surface area contributed by atoms with Gasteiger partial charge in [0.2, 0.25) is 5.96 Å². The van der Waals surface area contributed by atoms with Crippen molar-refractivity contribution in [1.29, 1.82) is 0 Å². The van der Waals surface area contributed by atoms with E-state index in [1.54, 1.807) is 0 Å². The molecule has 0 bridgehead atoms. The molecule has 3 N–H and O–H groups in total. The molecular weight excluding hydrogens is 220 g/mol. The van der Waals surface area contributed by atoms with Crippen LogP contribution in [0.5, 0.6) is 0 Å². The minimum atomic E-state index is 0.383. The van der Waals surface area contributed by atoms with E-state index in [1.807, 2.05) is 11.8 Å². The molecule has 5 heteroatoms. The quantitative estimate of drug-likeness (QED) is 0.314. The Kier molecular flexibility index (Phi) is 3.64. The molecule has 0 atom stereocenters. The summed E-state index contributed by atoms with van der Waals surface area (Å²) >= 11 is 2.04. The molecule has 1 aliphatic carbocycles. The van der Waals surface area contributed by atoms with Gasteiger partial charge in [-0.1, -0.05) is 13.8 Å². The number of rotatable bonds is 1. The smallest absolute Gasteiger partial charge is 0.208 e. The molecule has 1 heterocycles. The van der Waals surface area contributed by atoms with Gasteiger partial charge in [0.05, 0.1) is 6.04 Å². The van der Waals surface area contributed by atoms with Crippen LogP contribution in [0.4, 0.5) is 0 Å². The van der Waals surface area contributed by atoms with E-state index in [0.717, 1.165) is 24.8 Å². The molecule has 92 valence electrons. The molecule has 0 aromatic rings. The summed E-state index contributed by atoms with van der Waals surface area (Å²) in [6, 6.07) is 0.523. The van der Waals surface area contributed by atoms with Crippen LogP contribution in [0.25, 0.3) is 0 Å². The van der Waals surface area contributed by atoms with Crippen molar-refractivity contribution in [2.75, 3.05) is 18.8 Å². The number of guanidine groups is 1. The zero-order valence-corrected chi connectivity index (χ0v) is 11.0. The number of nitrogens with one attached hydrogen (secondary N) is 1. The monoisotopic (exact) mass is 242 g/mol. The first-order valence-electron chi connectivity index (χ1n) is 6.04. The topological polar surface area (TPSA) is 53.6 Å². The van der Waals surface area contributed by atoms with Crippen LogP contribution in [0.15, 0.2) is 4.99 Å². The van der Waals surface area contributed by atoms with Crippen molar-refractivity contribution in [2.45, 2.75) is 43.9 Å². The second kappa shape index (κ2) is 4.84. The van der Waals surface area contributed by atoms with E-state index in [0.29, 0.717) is 10.8 Å². The highest BCUT2D eigenvalue weighted by Gasteiger charge is 2.27. The van der Waals surface area contributed by atoms with Crippen LogP contribution < -0.4 is 11.3 Å². The third-order valence-electron chi connectivity index (χ3n) is 3.12. The second-order valence-electron chi connectivity index (χ2n) is 5.17. The number of hydrazine groups is 1. The molecule has 0 spiro atoms. The SMILES string of the molecule is CC1(C)CCN(C(=NC2CC2)NN)CCS1. The van der Waals surface area contributed by atoms with Gasteiger partial charge >= 0.3 is 0 Å². The Morgan fingerprint density at radius 2 is 2.19 bits per heavy atom. The van der Waals surface area contributed by atoms with Gasteiger partial charge < -0.3 is 4.90 Å². The Morgan fingerprint density at radius 3 is 2.81 bits per heavy atom. The number of hydrogen-bond donors (Lipinski definition) is 2. The Morgan fingerprint density at radius 1 is 1.44 bits per heavy atom. The molecule has 1 aliphatic heterocycles. The van der Waals surface area contributed by atoms with E-state index in [9.17, 15) is 0 Å². The number of hydrogen-bond acceptors (Lipinski definition) is 3. The fourth-order valence-corrected chi connectivity index (χ4v) is 2.92. The van der Waals surface area contributed by atoms with Crippen LogP contribution >= 0.6 is 11.8 Å². The van der Waals surface area contributed by atoms with Gasteiger partial charge in [-0.15, -0.1) is 0 Å². The zero-order chi connectivity index (χ0) is 11.6. The molecule has 1 saturated carbocycles. The van der Waals surface area contributed by atoms with Crippen molar-refractivity contribution in [3.05, 3.63) is 0 Å². The lowest BCUT2D eigenvalue weighted by Gasteiger charge is -2.24. The van der Waals surface area contributed by atoms with E-state index in [-0.39, 0.29) is 0 Å². The second-order valence-corrected chi connectivity index (χ2v) is 6.98. The molecule has 16 heavy (non-hydrogen) atoms. The van der Waals surface area contributed by atoms with Gasteiger partial charge in [0, 0.05) is 23.6 Å². The highest BCUT2D eigenvalue weighted by Crippen LogP contribution is 2.31. The number of thioether (sulfide) groups is 1. The molecular formula is C11H22N4S. The molecule has 0 amide bonds. The van der Waals surface area contributed by atoms with Crippen molar-refractivity contribution in [3.63, 3.8) is 0 Å². The van der Waals surface area contributed by atoms with Crippen molar-refractivity contribution < 1.29 is 0 Å². The van der Waals surface area contributed by atoms with Crippen molar-refractivity contribution in [3.8, 4) is 0 Å². The predicted molar refractivity (Wildman–Crippen MR) is 70.5 cm³/mol. The summed E-state index contributed by atoms with van der Waals surface area (Å²) in [6.07, 6.45) is 3.63. The lowest BCUT2D eigenvalue weighted by Crippen LogP contribution is -2.46. The van der Waals surface area contributed by atoms with Gasteiger partial charge in [-0.2, -0.15) is 11.8 Å². The summed E-state index contributed by atoms with van der Waals surface area (Å²) in [4.78, 5) is 6.91. The summed E-state index contributed by atoms with van der Waals surface area (Å²) in [5.41, 5.74) is 2.76. The predicted octanol–water partition coefficient (Wildman–Crippen LogP) is 1.19. The fraction of sp³-hybridized carbons (Fsp3) is 0.909. The Balaban J connectivity index is 1.97. The van der Waals surface area contributed by atoms with Gasteiger partial charge in [-0.25, -0.2) is 10.8 Å². The highest BCUT2D eigenvalue weighted by molar-refractivity contribution is 8.00. The van der Waals surface area contributed by atoms with E-state index in [4.69, 9.17) is 5.84 Å². The van der Waals surface area contributed by atoms with Gasteiger partial charge in [-0.05, 0) is 19.3 Å². The van der Waals surface area contributed by atoms with Gasteiger partial charge in [-0.3, -0.25) is 5.43 Å². The first-order valence-corrected chi connectivity index (χ1v) is 7.02. The Hall–Kier alpha value is -0.420. The Labute approximate surface area is 102 Å². The summed E-state index contributed by atoms with van der Waals surface area (Å²) in [5, 5.41) is 0. The zero-order valence-electron chi connectivity index (χ0n) is 10.2. The maximum Gasteiger partial charge on any atom is 0.208 e. The van der Waals surface area contributed by atoms with Crippen molar-refractivity contribution in [1.82, 2.24) is 10.3 Å². The lowest BCUT2D eigenvalue weighted by molar-refractivity contribution is 0.407. The summed E-state index contributed by atoms with van der Waals surface area (Å²) in [7, 11) is 0. The van der Waals surface area contributed by atoms with Gasteiger partial charge in [0.25, 0.3) is 0 Å². The molecule has 0 unspecified atom stereocenters. The summed E-state index contributed by atoms with van der Waals surface area (Å²) in [5.74, 6) is 7.61. The minimum Gasteiger partial charge on any atom is -0.341 e. The van der Waals surface area contributed by atoms with E-state index in [1.165, 1.54) is 19.3 Å². The van der Waals surface area contributed by atoms with Crippen LogP contribution in [-0.2, 0) is 0 Å². The van der Waals surface area contributed by atoms with Crippen molar-refractivity contribution in [2.24, 2.45) is 10.8 Å². The first-order chi connectivity index (χ1) is 7.61. The third kappa shape index (κ3) is 3.28. The maximum atomic E-state index is 5.57.